The van der Waals surface area contributed by atoms with Crippen molar-refractivity contribution in [1.29, 1.82) is 0 Å². The SMILES string of the molecule is C.CNC1CCOCC1. The molecule has 1 aliphatic rings. The maximum Gasteiger partial charge on any atom is 0.0480 e. The van der Waals surface area contributed by atoms with Crippen molar-refractivity contribution in [3.05, 3.63) is 0 Å². The molecule has 0 unspecified atom stereocenters. The second kappa shape index (κ2) is 4.77. The largest absolute Gasteiger partial charge is 0.381 e. The van der Waals surface area contributed by atoms with Crippen LogP contribution in [0.2, 0.25) is 0 Å². The van der Waals surface area contributed by atoms with Gasteiger partial charge in [-0.3, -0.25) is 0 Å². The van der Waals surface area contributed by atoms with E-state index in [9.17, 15) is 0 Å². The first kappa shape index (κ1) is 8.92. The Morgan fingerprint density at radius 1 is 1.33 bits per heavy atom. The van der Waals surface area contributed by atoms with Crippen LogP contribution in [0.3, 0.4) is 0 Å². The number of hydrogen-bond acceptors (Lipinski definition) is 2. The molecule has 0 spiro atoms. The third-order valence-corrected chi connectivity index (χ3v) is 1.63. The molecule has 0 aliphatic carbocycles. The zero-order valence-corrected chi connectivity index (χ0v) is 5.31. The van der Waals surface area contributed by atoms with Gasteiger partial charge in [-0.15, -0.1) is 0 Å². The van der Waals surface area contributed by atoms with Gasteiger partial charge < -0.3 is 10.1 Å². The van der Waals surface area contributed by atoms with Gasteiger partial charge in [0.2, 0.25) is 0 Å². The van der Waals surface area contributed by atoms with E-state index in [0.29, 0.717) is 6.04 Å². The Balaban J connectivity index is 0.000000640. The Bertz CT molecular complexity index is 59.9. The van der Waals surface area contributed by atoms with Gasteiger partial charge in [-0.1, -0.05) is 7.43 Å². The quantitative estimate of drug-likeness (QED) is 0.573. The predicted molar refractivity (Wildman–Crippen MR) is 39.6 cm³/mol. The Hall–Kier alpha value is -0.0800. The summed E-state index contributed by atoms with van der Waals surface area (Å²) in [6.07, 6.45) is 2.35. The molecule has 56 valence electrons. The van der Waals surface area contributed by atoms with Crippen molar-refractivity contribution >= 4 is 0 Å². The predicted octanol–water partition coefficient (Wildman–Crippen LogP) is 1.02. The van der Waals surface area contributed by atoms with Gasteiger partial charge in [-0.05, 0) is 19.9 Å². The van der Waals surface area contributed by atoms with E-state index in [1.165, 1.54) is 12.8 Å². The molecule has 0 aromatic rings. The van der Waals surface area contributed by atoms with Crippen LogP contribution in [0, 0.1) is 0 Å². The summed E-state index contributed by atoms with van der Waals surface area (Å²) >= 11 is 0. The summed E-state index contributed by atoms with van der Waals surface area (Å²) in [6.45, 7) is 1.87. The van der Waals surface area contributed by atoms with E-state index in [0.717, 1.165) is 13.2 Å². The Labute approximate surface area is 57.6 Å². The maximum absolute atomic E-state index is 5.16. The molecular weight excluding hydrogens is 114 g/mol. The molecular formula is C7H17NO. The van der Waals surface area contributed by atoms with Crippen molar-refractivity contribution in [1.82, 2.24) is 5.32 Å². The van der Waals surface area contributed by atoms with Crippen LogP contribution >= 0.6 is 0 Å². The molecule has 1 N–H and O–H groups in total. The lowest BCUT2D eigenvalue weighted by Gasteiger charge is -2.20. The summed E-state index contributed by atoms with van der Waals surface area (Å²) in [4.78, 5) is 0. The van der Waals surface area contributed by atoms with Crippen molar-refractivity contribution in [2.45, 2.75) is 26.3 Å². The third kappa shape index (κ3) is 2.82. The zero-order chi connectivity index (χ0) is 5.82. The van der Waals surface area contributed by atoms with Crippen molar-refractivity contribution < 1.29 is 4.74 Å². The summed E-state index contributed by atoms with van der Waals surface area (Å²) in [6, 6.07) is 0.712. The van der Waals surface area contributed by atoms with Gasteiger partial charge in [0.05, 0.1) is 0 Å². The normalized spacial score (nSPS) is 21.0. The summed E-state index contributed by atoms with van der Waals surface area (Å²) in [5.41, 5.74) is 0. The number of hydrogen-bond donors (Lipinski definition) is 1. The Morgan fingerprint density at radius 2 is 1.89 bits per heavy atom. The molecule has 2 heteroatoms. The van der Waals surface area contributed by atoms with Crippen molar-refractivity contribution in [2.24, 2.45) is 0 Å². The standard InChI is InChI=1S/C6H13NO.CH4/c1-7-6-2-4-8-5-3-6;/h6-7H,2-5H2,1H3;1H4. The molecule has 0 radical (unpaired) electrons. The highest BCUT2D eigenvalue weighted by atomic mass is 16.5. The summed E-state index contributed by atoms with van der Waals surface area (Å²) < 4.78 is 5.16. The van der Waals surface area contributed by atoms with E-state index < -0.39 is 0 Å². The second-order valence-corrected chi connectivity index (χ2v) is 2.18. The minimum absolute atomic E-state index is 0. The van der Waals surface area contributed by atoms with E-state index in [2.05, 4.69) is 5.32 Å². The average Bonchev–Trinajstić information content (AvgIpc) is 1.90. The first-order valence-corrected chi connectivity index (χ1v) is 3.18. The Kier molecular flexibility index (Phi) is 4.72. The van der Waals surface area contributed by atoms with Crippen LogP contribution in [-0.4, -0.2) is 26.3 Å². The molecule has 0 atom stereocenters. The van der Waals surface area contributed by atoms with Gasteiger partial charge in [0.25, 0.3) is 0 Å². The molecule has 2 nitrogen and oxygen atoms in total. The molecule has 0 bridgehead atoms. The van der Waals surface area contributed by atoms with Gasteiger partial charge in [0.1, 0.15) is 0 Å². The third-order valence-electron chi connectivity index (χ3n) is 1.63. The van der Waals surface area contributed by atoms with Gasteiger partial charge in [0, 0.05) is 19.3 Å². The molecule has 1 saturated heterocycles. The number of ether oxygens (including phenoxy) is 1. The van der Waals surface area contributed by atoms with Crippen LogP contribution in [0.4, 0.5) is 0 Å². The highest BCUT2D eigenvalue weighted by Gasteiger charge is 2.09. The highest BCUT2D eigenvalue weighted by molar-refractivity contribution is 4.66. The zero-order valence-electron chi connectivity index (χ0n) is 5.31. The van der Waals surface area contributed by atoms with Crippen LogP contribution in [0.15, 0.2) is 0 Å². The van der Waals surface area contributed by atoms with Gasteiger partial charge in [-0.25, -0.2) is 0 Å². The van der Waals surface area contributed by atoms with Crippen molar-refractivity contribution in [3.8, 4) is 0 Å². The molecule has 0 aromatic heterocycles. The van der Waals surface area contributed by atoms with Crippen LogP contribution in [0.25, 0.3) is 0 Å². The molecule has 0 saturated carbocycles. The molecule has 1 fully saturated rings. The van der Waals surface area contributed by atoms with E-state index >= 15 is 0 Å². The second-order valence-electron chi connectivity index (χ2n) is 2.18. The van der Waals surface area contributed by atoms with Crippen LogP contribution in [0.5, 0.6) is 0 Å². The minimum atomic E-state index is 0. The smallest absolute Gasteiger partial charge is 0.0480 e. The summed E-state index contributed by atoms with van der Waals surface area (Å²) in [5, 5.41) is 3.22. The van der Waals surface area contributed by atoms with Crippen LogP contribution < -0.4 is 5.32 Å². The lowest BCUT2D eigenvalue weighted by molar-refractivity contribution is 0.0799. The Morgan fingerprint density at radius 3 is 2.22 bits per heavy atom. The van der Waals surface area contributed by atoms with E-state index in [1.54, 1.807) is 0 Å². The molecule has 1 heterocycles. The first-order chi connectivity index (χ1) is 3.93. The summed E-state index contributed by atoms with van der Waals surface area (Å²) in [7, 11) is 2.01. The number of rotatable bonds is 1. The van der Waals surface area contributed by atoms with Gasteiger partial charge in [-0.2, -0.15) is 0 Å². The minimum Gasteiger partial charge on any atom is -0.381 e. The number of nitrogens with one attached hydrogen (secondary N) is 1. The molecule has 9 heavy (non-hydrogen) atoms. The molecule has 1 aliphatic heterocycles. The lowest BCUT2D eigenvalue weighted by atomic mass is 10.1. The fourth-order valence-electron chi connectivity index (χ4n) is 0.986. The van der Waals surface area contributed by atoms with Crippen molar-refractivity contribution in [2.75, 3.05) is 20.3 Å². The fourth-order valence-corrected chi connectivity index (χ4v) is 0.986. The average molecular weight is 131 g/mol. The van der Waals surface area contributed by atoms with E-state index in [4.69, 9.17) is 4.74 Å². The van der Waals surface area contributed by atoms with E-state index in [-0.39, 0.29) is 7.43 Å². The van der Waals surface area contributed by atoms with Crippen molar-refractivity contribution in [3.63, 3.8) is 0 Å². The topological polar surface area (TPSA) is 21.3 Å². The lowest BCUT2D eigenvalue weighted by Crippen LogP contribution is -2.31. The highest BCUT2D eigenvalue weighted by Crippen LogP contribution is 2.04. The van der Waals surface area contributed by atoms with Crippen LogP contribution in [-0.2, 0) is 4.74 Å². The first-order valence-electron chi connectivity index (χ1n) is 3.18. The van der Waals surface area contributed by atoms with Crippen LogP contribution in [0.1, 0.15) is 20.3 Å². The fraction of sp³-hybridized carbons (Fsp3) is 1.00. The van der Waals surface area contributed by atoms with Gasteiger partial charge >= 0.3 is 0 Å². The molecule has 0 amide bonds. The monoisotopic (exact) mass is 131 g/mol. The molecule has 1 rings (SSSR count). The van der Waals surface area contributed by atoms with Gasteiger partial charge in [0.15, 0.2) is 0 Å². The summed E-state index contributed by atoms with van der Waals surface area (Å²) in [5.74, 6) is 0. The maximum atomic E-state index is 5.16. The van der Waals surface area contributed by atoms with E-state index in [1.807, 2.05) is 7.05 Å². The molecule has 0 aromatic carbocycles.